The monoisotopic (exact) mass is 248 g/mol. The molecule has 0 bridgehead atoms. The van der Waals surface area contributed by atoms with Gasteiger partial charge in [0.25, 0.3) is 5.91 Å². The molecule has 18 heavy (non-hydrogen) atoms. The van der Waals surface area contributed by atoms with Crippen molar-refractivity contribution in [3.63, 3.8) is 0 Å². The molecule has 1 aromatic heterocycles. The van der Waals surface area contributed by atoms with Crippen molar-refractivity contribution >= 4 is 5.91 Å². The highest BCUT2D eigenvalue weighted by atomic mass is 16.2. The minimum atomic E-state index is -0.222. The quantitative estimate of drug-likeness (QED) is 0.866. The third kappa shape index (κ3) is 3.22. The van der Waals surface area contributed by atoms with E-state index in [1.54, 1.807) is 12.1 Å². The summed E-state index contributed by atoms with van der Waals surface area (Å²) < 4.78 is 0. The van der Waals surface area contributed by atoms with Crippen LogP contribution in [0.5, 0.6) is 0 Å². The van der Waals surface area contributed by atoms with Gasteiger partial charge in [-0.2, -0.15) is 0 Å². The molecule has 1 aliphatic carbocycles. The molecule has 4 heteroatoms. The van der Waals surface area contributed by atoms with Crippen molar-refractivity contribution in [2.45, 2.75) is 39.2 Å². The minimum Gasteiger partial charge on any atom is -0.334 e. The van der Waals surface area contributed by atoms with Crippen LogP contribution in [-0.2, 0) is 0 Å². The second-order valence-corrected chi connectivity index (χ2v) is 5.34. The summed E-state index contributed by atoms with van der Waals surface area (Å²) in [5.41, 5.74) is 0.179. The molecule has 0 atom stereocenters. The summed E-state index contributed by atoms with van der Waals surface area (Å²) in [6.45, 7) is 5.08. The summed E-state index contributed by atoms with van der Waals surface area (Å²) in [6, 6.07) is 5.10. The minimum absolute atomic E-state index is 0.0455. The zero-order valence-corrected chi connectivity index (χ0v) is 11.0. The van der Waals surface area contributed by atoms with Gasteiger partial charge < -0.3 is 9.88 Å². The van der Waals surface area contributed by atoms with E-state index in [1.165, 1.54) is 6.07 Å². The number of carbonyl (C=O) groups excluding carboxylic acids is 1. The van der Waals surface area contributed by atoms with Gasteiger partial charge in [0.1, 0.15) is 5.69 Å². The van der Waals surface area contributed by atoms with Crippen molar-refractivity contribution in [1.29, 1.82) is 0 Å². The van der Waals surface area contributed by atoms with E-state index < -0.39 is 0 Å². The average molecular weight is 248 g/mol. The first-order valence-corrected chi connectivity index (χ1v) is 6.58. The van der Waals surface area contributed by atoms with Crippen LogP contribution in [0.1, 0.15) is 43.6 Å². The van der Waals surface area contributed by atoms with Gasteiger partial charge in [-0.15, -0.1) is 0 Å². The number of aromatic amines is 1. The normalized spacial score (nSPS) is 14.8. The second kappa shape index (κ2) is 5.38. The molecule has 1 aliphatic rings. The summed E-state index contributed by atoms with van der Waals surface area (Å²) in [7, 11) is 0. The number of H-pyrrole nitrogens is 1. The zero-order valence-electron chi connectivity index (χ0n) is 11.0. The van der Waals surface area contributed by atoms with Gasteiger partial charge in [-0.1, -0.05) is 19.9 Å². The molecule has 0 saturated heterocycles. The standard InChI is InChI=1S/C14H20N2O2/c1-10(2)8-9-16(11-6-7-11)14(18)12-4-3-5-13(17)15-12/h3-5,10-11H,6-9H2,1-2H3,(H,15,17). The van der Waals surface area contributed by atoms with Gasteiger partial charge in [-0.05, 0) is 31.2 Å². The first-order chi connectivity index (χ1) is 8.58. The number of amides is 1. The first kappa shape index (κ1) is 12.9. The number of hydrogen-bond acceptors (Lipinski definition) is 2. The molecule has 0 spiro atoms. The Labute approximate surface area is 107 Å². The van der Waals surface area contributed by atoms with Gasteiger partial charge in [-0.3, -0.25) is 9.59 Å². The molecule has 4 nitrogen and oxygen atoms in total. The van der Waals surface area contributed by atoms with Crippen LogP contribution in [0.25, 0.3) is 0 Å². The van der Waals surface area contributed by atoms with E-state index in [0.29, 0.717) is 17.7 Å². The van der Waals surface area contributed by atoms with E-state index in [9.17, 15) is 9.59 Å². The van der Waals surface area contributed by atoms with Crippen LogP contribution in [0.4, 0.5) is 0 Å². The Morgan fingerprint density at radius 1 is 1.44 bits per heavy atom. The fourth-order valence-corrected chi connectivity index (χ4v) is 1.96. The Bertz CT molecular complexity index is 475. The van der Waals surface area contributed by atoms with Gasteiger partial charge >= 0.3 is 0 Å². The highest BCUT2D eigenvalue weighted by Gasteiger charge is 2.33. The van der Waals surface area contributed by atoms with Crippen LogP contribution in [0.15, 0.2) is 23.0 Å². The number of nitrogens with one attached hydrogen (secondary N) is 1. The molecule has 1 fully saturated rings. The van der Waals surface area contributed by atoms with Crippen LogP contribution in [0.2, 0.25) is 0 Å². The SMILES string of the molecule is CC(C)CCN(C(=O)c1cccc(=O)[nH]1)C1CC1. The van der Waals surface area contributed by atoms with Gasteiger partial charge in [-0.25, -0.2) is 0 Å². The van der Waals surface area contributed by atoms with Crippen LogP contribution in [-0.4, -0.2) is 28.4 Å². The summed E-state index contributed by atoms with van der Waals surface area (Å²) in [5.74, 6) is 0.532. The van der Waals surface area contributed by atoms with Gasteiger partial charge in [0.2, 0.25) is 5.56 Å². The predicted molar refractivity (Wildman–Crippen MR) is 70.6 cm³/mol. The van der Waals surface area contributed by atoms with Crippen molar-refractivity contribution < 1.29 is 4.79 Å². The van der Waals surface area contributed by atoms with Crippen LogP contribution in [0.3, 0.4) is 0 Å². The van der Waals surface area contributed by atoms with Crippen molar-refractivity contribution in [1.82, 2.24) is 9.88 Å². The fourth-order valence-electron chi connectivity index (χ4n) is 1.96. The van der Waals surface area contributed by atoms with E-state index in [1.807, 2.05) is 4.90 Å². The molecule has 0 aliphatic heterocycles. The number of pyridine rings is 1. The topological polar surface area (TPSA) is 53.2 Å². The highest BCUT2D eigenvalue weighted by Crippen LogP contribution is 2.28. The lowest BCUT2D eigenvalue weighted by molar-refractivity contribution is 0.0729. The lowest BCUT2D eigenvalue weighted by Crippen LogP contribution is -2.35. The summed E-state index contributed by atoms with van der Waals surface area (Å²) in [5, 5.41) is 0. The van der Waals surface area contributed by atoms with Crippen LogP contribution < -0.4 is 5.56 Å². The zero-order chi connectivity index (χ0) is 13.1. The highest BCUT2D eigenvalue weighted by molar-refractivity contribution is 5.92. The Balaban J connectivity index is 2.10. The van der Waals surface area contributed by atoms with Gasteiger partial charge in [0.15, 0.2) is 0 Å². The van der Waals surface area contributed by atoms with E-state index >= 15 is 0 Å². The van der Waals surface area contributed by atoms with Crippen molar-refractivity contribution in [2.75, 3.05) is 6.54 Å². The Morgan fingerprint density at radius 2 is 2.17 bits per heavy atom. The van der Waals surface area contributed by atoms with Crippen molar-refractivity contribution in [2.24, 2.45) is 5.92 Å². The van der Waals surface area contributed by atoms with Gasteiger partial charge in [0, 0.05) is 18.7 Å². The molecule has 1 N–H and O–H groups in total. The largest absolute Gasteiger partial charge is 0.334 e. The van der Waals surface area contributed by atoms with Gasteiger partial charge in [0.05, 0.1) is 0 Å². The number of aromatic nitrogens is 1. The van der Waals surface area contributed by atoms with E-state index in [2.05, 4.69) is 18.8 Å². The third-order valence-corrected chi connectivity index (χ3v) is 3.19. The molecular formula is C14H20N2O2. The Kier molecular flexibility index (Phi) is 3.84. The van der Waals surface area contributed by atoms with Crippen LogP contribution >= 0.6 is 0 Å². The summed E-state index contributed by atoms with van der Waals surface area (Å²) in [6.07, 6.45) is 3.17. The van der Waals surface area contributed by atoms with E-state index in [0.717, 1.165) is 25.8 Å². The molecule has 98 valence electrons. The molecule has 0 radical (unpaired) electrons. The third-order valence-electron chi connectivity index (χ3n) is 3.19. The molecule has 2 rings (SSSR count). The number of rotatable bonds is 5. The maximum Gasteiger partial charge on any atom is 0.270 e. The van der Waals surface area contributed by atoms with Crippen LogP contribution in [0, 0.1) is 5.92 Å². The fraction of sp³-hybridized carbons (Fsp3) is 0.571. The lowest BCUT2D eigenvalue weighted by atomic mass is 10.1. The predicted octanol–water partition coefficient (Wildman–Crippen LogP) is 2.03. The molecule has 1 aromatic rings. The smallest absolute Gasteiger partial charge is 0.270 e. The average Bonchev–Trinajstić information content (AvgIpc) is 3.13. The molecule has 0 unspecified atom stereocenters. The second-order valence-electron chi connectivity index (χ2n) is 5.34. The number of hydrogen-bond donors (Lipinski definition) is 1. The van der Waals surface area contributed by atoms with E-state index in [-0.39, 0.29) is 11.5 Å². The molecule has 0 aromatic carbocycles. The lowest BCUT2D eigenvalue weighted by Gasteiger charge is -2.23. The molecule has 1 heterocycles. The first-order valence-electron chi connectivity index (χ1n) is 6.58. The summed E-state index contributed by atoms with van der Waals surface area (Å²) >= 11 is 0. The Hall–Kier alpha value is -1.58. The number of carbonyl (C=O) groups is 1. The maximum absolute atomic E-state index is 12.3. The molecule has 1 saturated carbocycles. The maximum atomic E-state index is 12.3. The Morgan fingerprint density at radius 3 is 2.72 bits per heavy atom. The van der Waals surface area contributed by atoms with E-state index in [4.69, 9.17) is 0 Å². The van der Waals surface area contributed by atoms with Crippen molar-refractivity contribution in [3.8, 4) is 0 Å². The summed E-state index contributed by atoms with van der Waals surface area (Å²) in [4.78, 5) is 28.1. The number of nitrogens with zero attached hydrogens (tertiary/aromatic N) is 1. The van der Waals surface area contributed by atoms with Crippen molar-refractivity contribution in [3.05, 3.63) is 34.2 Å². The molecule has 1 amide bonds. The molecular weight excluding hydrogens is 228 g/mol.